The number of rotatable bonds is 4. The lowest BCUT2D eigenvalue weighted by atomic mass is 10.0. The molecule has 0 spiro atoms. The van der Waals surface area contributed by atoms with Gasteiger partial charge in [0, 0.05) is 13.1 Å². The van der Waals surface area contributed by atoms with Gasteiger partial charge in [0.25, 0.3) is 5.03 Å². The second-order valence-corrected chi connectivity index (χ2v) is 6.74. The van der Waals surface area contributed by atoms with Crippen LogP contribution in [0.5, 0.6) is 0 Å². The first-order valence-electron chi connectivity index (χ1n) is 8.51. The molecule has 1 aromatic heterocycles. The number of aromatic nitrogens is 1. The number of hydrogen-bond acceptors (Lipinski definition) is 5. The fourth-order valence-electron chi connectivity index (χ4n) is 3.20. The number of alkyl halides is 3. The lowest BCUT2D eigenvalue weighted by Crippen LogP contribution is -2.38. The lowest BCUT2D eigenvalue weighted by molar-refractivity contribution is -0.397. The van der Waals surface area contributed by atoms with Gasteiger partial charge in [0.15, 0.2) is 5.56 Å². The van der Waals surface area contributed by atoms with Gasteiger partial charge in [-0.1, -0.05) is 17.8 Å². The van der Waals surface area contributed by atoms with Gasteiger partial charge in [-0.3, -0.25) is 0 Å². The molecular weight excluding hydrogens is 381 g/mol. The molecule has 0 radical (unpaired) electrons. The van der Waals surface area contributed by atoms with Crippen LogP contribution in [0.3, 0.4) is 0 Å². The number of hydrogen-bond donors (Lipinski definition) is 0. The van der Waals surface area contributed by atoms with Crippen molar-refractivity contribution in [3.8, 4) is 0 Å². The summed E-state index contributed by atoms with van der Waals surface area (Å²) in [6, 6.07) is 3.99. The minimum Gasteiger partial charge on any atom is -0.462 e. The van der Waals surface area contributed by atoms with Crippen molar-refractivity contribution >= 4 is 34.3 Å². The van der Waals surface area contributed by atoms with Crippen LogP contribution < -0.4 is 9.88 Å². The van der Waals surface area contributed by atoms with Crippen molar-refractivity contribution in [3.63, 3.8) is 0 Å². The van der Waals surface area contributed by atoms with Crippen LogP contribution >= 0.6 is 11.8 Å². The fraction of sp³-hybridized carbons (Fsp3) is 0.444. The van der Waals surface area contributed by atoms with Crippen LogP contribution in [-0.2, 0) is 15.7 Å². The van der Waals surface area contributed by atoms with E-state index in [1.807, 2.05) is 4.90 Å². The average Bonchev–Trinajstić information content (AvgIpc) is 2.66. The third-order valence-electron chi connectivity index (χ3n) is 4.34. The van der Waals surface area contributed by atoms with E-state index >= 15 is 0 Å². The fourth-order valence-corrected chi connectivity index (χ4v) is 3.79. The summed E-state index contributed by atoms with van der Waals surface area (Å²) in [5, 5.41) is 0.687. The van der Waals surface area contributed by atoms with Gasteiger partial charge < -0.3 is 14.4 Å². The van der Waals surface area contributed by atoms with Crippen molar-refractivity contribution in [2.75, 3.05) is 44.1 Å². The number of carbonyl (C=O) groups excluding carboxylic acids is 1. The zero-order valence-electron chi connectivity index (χ0n) is 15.0. The van der Waals surface area contributed by atoms with Crippen molar-refractivity contribution in [2.24, 2.45) is 0 Å². The highest BCUT2D eigenvalue weighted by molar-refractivity contribution is 7.98. The van der Waals surface area contributed by atoms with Gasteiger partial charge in [0.1, 0.15) is 5.56 Å². The molecule has 0 unspecified atom stereocenters. The number of morpholine rings is 1. The van der Waals surface area contributed by atoms with E-state index in [0.717, 1.165) is 6.07 Å². The third-order valence-corrected chi connectivity index (χ3v) is 5.05. The maximum absolute atomic E-state index is 13.6. The number of nitrogens with zero attached hydrogens (tertiary/aromatic N) is 1. The number of aromatic amines is 1. The standard InChI is InChI=1S/C18H19F3N2O3S/c1-3-26-17(24)13-15(23-7-9-25-10-8-23)11-5-4-6-12(18(19,20)21)14(11)22-16(13)27-2/h4-6H,3,7-10H2,1-2H3/p+1. The van der Waals surface area contributed by atoms with Crippen molar-refractivity contribution in [2.45, 2.75) is 18.1 Å². The second kappa shape index (κ2) is 7.93. The molecule has 9 heteroatoms. The van der Waals surface area contributed by atoms with Gasteiger partial charge in [0.2, 0.25) is 5.52 Å². The Morgan fingerprint density at radius 2 is 2.04 bits per heavy atom. The molecule has 5 nitrogen and oxygen atoms in total. The molecule has 2 aromatic rings. The van der Waals surface area contributed by atoms with E-state index in [1.165, 1.54) is 17.8 Å². The Bertz CT molecular complexity index is 852. The van der Waals surface area contributed by atoms with Crippen LogP contribution in [0.25, 0.3) is 10.9 Å². The van der Waals surface area contributed by atoms with Crippen LogP contribution in [0.1, 0.15) is 22.8 Å². The molecule has 1 saturated heterocycles. The summed E-state index contributed by atoms with van der Waals surface area (Å²) in [5.41, 5.74) is -0.0804. The smallest absolute Gasteiger partial charge is 0.422 e. The summed E-state index contributed by atoms with van der Waals surface area (Å²) in [7, 11) is 0. The number of para-hydroxylation sites is 1. The van der Waals surface area contributed by atoms with E-state index in [4.69, 9.17) is 9.47 Å². The van der Waals surface area contributed by atoms with Gasteiger partial charge >= 0.3 is 12.1 Å². The predicted octanol–water partition coefficient (Wildman–Crippen LogP) is 3.41. The molecule has 0 amide bonds. The Morgan fingerprint density at radius 3 is 2.63 bits per heavy atom. The highest BCUT2D eigenvalue weighted by Gasteiger charge is 2.39. The average molecular weight is 401 g/mol. The number of thioether (sulfide) groups is 1. The molecule has 1 fully saturated rings. The van der Waals surface area contributed by atoms with E-state index in [0.29, 0.717) is 42.4 Å². The molecule has 3 rings (SSSR count). The van der Waals surface area contributed by atoms with Gasteiger partial charge in [0.05, 0.1) is 30.9 Å². The van der Waals surface area contributed by atoms with Gasteiger partial charge in [-0.15, -0.1) is 0 Å². The molecule has 0 atom stereocenters. The minimum absolute atomic E-state index is 0.0381. The predicted molar refractivity (Wildman–Crippen MR) is 96.3 cm³/mol. The molecule has 27 heavy (non-hydrogen) atoms. The van der Waals surface area contributed by atoms with Crippen LogP contribution in [0, 0.1) is 0 Å². The third kappa shape index (κ3) is 3.84. The number of benzene rings is 1. The van der Waals surface area contributed by atoms with Gasteiger partial charge in [-0.2, -0.15) is 18.2 Å². The number of carbonyl (C=O) groups is 1. The Morgan fingerprint density at radius 1 is 1.33 bits per heavy atom. The van der Waals surface area contributed by atoms with E-state index in [1.54, 1.807) is 19.2 Å². The van der Waals surface area contributed by atoms with Crippen molar-refractivity contribution in [1.82, 2.24) is 0 Å². The molecule has 146 valence electrons. The summed E-state index contributed by atoms with van der Waals surface area (Å²) in [6.07, 6.45) is -2.81. The molecule has 0 saturated carbocycles. The lowest BCUT2D eigenvalue weighted by Gasteiger charge is -2.30. The van der Waals surface area contributed by atoms with E-state index in [9.17, 15) is 18.0 Å². The summed E-state index contributed by atoms with van der Waals surface area (Å²) in [4.78, 5) is 17.4. The van der Waals surface area contributed by atoms with Crippen LogP contribution in [0.4, 0.5) is 18.9 Å². The maximum atomic E-state index is 13.6. The number of fused-ring (bicyclic) bond motifs is 1. The number of nitrogens with one attached hydrogen (secondary N) is 1. The van der Waals surface area contributed by atoms with E-state index in [-0.39, 0.29) is 17.7 Å². The monoisotopic (exact) mass is 401 g/mol. The zero-order chi connectivity index (χ0) is 19.6. The minimum atomic E-state index is -4.51. The Hall–Kier alpha value is -2.00. The quantitative estimate of drug-likeness (QED) is 0.581. The molecule has 0 aliphatic carbocycles. The molecule has 0 bridgehead atoms. The largest absolute Gasteiger partial charge is 0.462 e. The highest BCUT2D eigenvalue weighted by atomic mass is 32.2. The molecular formula is C18H20F3N2O3S+. The Kier molecular flexibility index (Phi) is 5.81. The van der Waals surface area contributed by atoms with Crippen molar-refractivity contribution < 1.29 is 32.4 Å². The molecule has 1 N–H and O–H groups in total. The SMILES string of the molecule is CCOC(=O)c1c(SC)[nH+]c2c(C(F)(F)F)cccc2c1N1CCOCC1. The van der Waals surface area contributed by atoms with Crippen molar-refractivity contribution in [3.05, 3.63) is 29.3 Å². The van der Waals surface area contributed by atoms with Crippen LogP contribution in [0.2, 0.25) is 0 Å². The topological polar surface area (TPSA) is 52.9 Å². The van der Waals surface area contributed by atoms with Crippen molar-refractivity contribution in [1.29, 1.82) is 0 Å². The first-order chi connectivity index (χ1) is 12.9. The van der Waals surface area contributed by atoms with Crippen LogP contribution in [-0.4, -0.2) is 45.1 Å². The van der Waals surface area contributed by atoms with E-state index < -0.39 is 17.7 Å². The summed E-state index contributed by atoms with van der Waals surface area (Å²) >= 11 is 1.18. The number of halogens is 3. The summed E-state index contributed by atoms with van der Waals surface area (Å²) in [5.74, 6) is -0.557. The molecule has 1 aliphatic rings. The number of esters is 1. The summed E-state index contributed by atoms with van der Waals surface area (Å²) in [6.45, 7) is 3.71. The molecule has 2 heterocycles. The zero-order valence-corrected chi connectivity index (χ0v) is 15.8. The number of ether oxygens (including phenoxy) is 2. The van der Waals surface area contributed by atoms with Gasteiger partial charge in [-0.25, -0.2) is 4.79 Å². The van der Waals surface area contributed by atoms with Crippen LogP contribution in [0.15, 0.2) is 23.2 Å². The number of anilines is 1. The number of H-pyrrole nitrogens is 1. The Labute approximate surface area is 158 Å². The molecule has 1 aromatic carbocycles. The second-order valence-electron chi connectivity index (χ2n) is 5.93. The van der Waals surface area contributed by atoms with Gasteiger partial charge in [-0.05, 0) is 25.3 Å². The maximum Gasteiger partial charge on any atom is 0.422 e. The number of pyridine rings is 1. The first kappa shape index (κ1) is 19.8. The Balaban J connectivity index is 2.36. The van der Waals surface area contributed by atoms with E-state index in [2.05, 4.69) is 4.98 Å². The normalized spacial score (nSPS) is 15.2. The highest BCUT2D eigenvalue weighted by Crippen LogP contribution is 2.39. The summed E-state index contributed by atoms with van der Waals surface area (Å²) < 4.78 is 51.2. The molecule has 1 aliphatic heterocycles. The first-order valence-corrected chi connectivity index (χ1v) is 9.74.